The third-order valence-corrected chi connectivity index (χ3v) is 2.73. The number of para-hydroxylation sites is 2. The number of carbonyl (C=O) groups is 2. The van der Waals surface area contributed by atoms with Gasteiger partial charge in [0.15, 0.2) is 5.75 Å². The van der Waals surface area contributed by atoms with E-state index in [0.29, 0.717) is 5.56 Å². The Hall–Kier alpha value is -3.26. The Morgan fingerprint density at radius 1 is 0.952 bits per heavy atom. The maximum atomic E-state index is 11.2. The molecule has 0 aliphatic carbocycles. The Kier molecular flexibility index (Phi) is 3.91. The molecule has 5 heteroatoms. The average molecular weight is 282 g/mol. The van der Waals surface area contributed by atoms with Crippen LogP contribution in [0.1, 0.15) is 26.3 Å². The molecule has 2 N–H and O–H groups in total. The fourth-order valence-electron chi connectivity index (χ4n) is 1.77. The normalized spacial score (nSPS) is 9.67. The van der Waals surface area contributed by atoms with Gasteiger partial charge in [-0.1, -0.05) is 24.1 Å². The maximum Gasteiger partial charge on any atom is 0.339 e. The lowest BCUT2D eigenvalue weighted by molar-refractivity contribution is 0.0692. The van der Waals surface area contributed by atoms with Gasteiger partial charge in [-0.25, -0.2) is 9.59 Å². The number of aromatic carboxylic acids is 2. The lowest BCUT2D eigenvalue weighted by atomic mass is 10.1. The van der Waals surface area contributed by atoms with Crippen molar-refractivity contribution in [3.05, 3.63) is 59.2 Å². The highest BCUT2D eigenvalue weighted by atomic mass is 16.5. The second kappa shape index (κ2) is 5.80. The molecule has 0 aliphatic rings. The van der Waals surface area contributed by atoms with Crippen LogP contribution in [0.2, 0.25) is 0 Å². The van der Waals surface area contributed by atoms with Gasteiger partial charge in [0.2, 0.25) is 0 Å². The second-order valence-corrected chi connectivity index (χ2v) is 4.04. The summed E-state index contributed by atoms with van der Waals surface area (Å²) in [6, 6.07) is 10.4. The van der Waals surface area contributed by atoms with Gasteiger partial charge in [0.25, 0.3) is 0 Å². The van der Waals surface area contributed by atoms with Gasteiger partial charge in [-0.3, -0.25) is 0 Å². The highest BCUT2D eigenvalue weighted by molar-refractivity contribution is 5.99. The van der Waals surface area contributed by atoms with Gasteiger partial charge in [-0.2, -0.15) is 0 Å². The molecule has 0 spiro atoms. The highest BCUT2D eigenvalue weighted by Gasteiger charge is 2.21. The quantitative estimate of drug-likeness (QED) is 0.842. The summed E-state index contributed by atoms with van der Waals surface area (Å²) in [5, 5.41) is 18.3. The molecule has 0 aliphatic heterocycles. The lowest BCUT2D eigenvalue weighted by Crippen LogP contribution is -2.07. The van der Waals surface area contributed by atoms with E-state index >= 15 is 0 Å². The lowest BCUT2D eigenvalue weighted by Gasteiger charge is -2.12. The van der Waals surface area contributed by atoms with E-state index in [9.17, 15) is 9.59 Å². The fourth-order valence-corrected chi connectivity index (χ4v) is 1.77. The Labute approximate surface area is 120 Å². The molecular formula is C16H10O5. The van der Waals surface area contributed by atoms with Crippen molar-refractivity contribution in [3.8, 4) is 23.8 Å². The zero-order valence-electron chi connectivity index (χ0n) is 10.7. The number of carboxylic acids is 2. The van der Waals surface area contributed by atoms with Crippen LogP contribution in [0.4, 0.5) is 0 Å². The van der Waals surface area contributed by atoms with Gasteiger partial charge >= 0.3 is 11.9 Å². The molecule has 2 aromatic carbocycles. The molecule has 0 saturated carbocycles. The summed E-state index contributed by atoms with van der Waals surface area (Å²) in [6.45, 7) is 0. The number of benzene rings is 2. The van der Waals surface area contributed by atoms with Gasteiger partial charge in [-0.05, 0) is 24.3 Å². The molecule has 0 radical (unpaired) electrons. The zero-order valence-corrected chi connectivity index (χ0v) is 10.7. The predicted molar refractivity (Wildman–Crippen MR) is 74.8 cm³/mol. The van der Waals surface area contributed by atoms with Crippen molar-refractivity contribution < 1.29 is 24.5 Å². The van der Waals surface area contributed by atoms with E-state index in [1.54, 1.807) is 24.3 Å². The second-order valence-electron chi connectivity index (χ2n) is 4.04. The van der Waals surface area contributed by atoms with Crippen molar-refractivity contribution in [1.29, 1.82) is 0 Å². The van der Waals surface area contributed by atoms with Gasteiger partial charge < -0.3 is 14.9 Å². The number of terminal acetylenes is 1. The number of hydrogen-bond donors (Lipinski definition) is 2. The van der Waals surface area contributed by atoms with Gasteiger partial charge in [0.05, 0.1) is 5.56 Å². The van der Waals surface area contributed by atoms with Crippen molar-refractivity contribution in [3.63, 3.8) is 0 Å². The van der Waals surface area contributed by atoms with Crippen LogP contribution in [-0.4, -0.2) is 22.2 Å². The van der Waals surface area contributed by atoms with Crippen LogP contribution < -0.4 is 4.74 Å². The minimum atomic E-state index is -1.29. The summed E-state index contributed by atoms with van der Waals surface area (Å²) in [5.41, 5.74) is -0.0996. The van der Waals surface area contributed by atoms with E-state index in [-0.39, 0.29) is 22.6 Å². The van der Waals surface area contributed by atoms with Gasteiger partial charge in [0, 0.05) is 0 Å². The van der Waals surface area contributed by atoms with Crippen LogP contribution >= 0.6 is 0 Å². The fraction of sp³-hybridized carbons (Fsp3) is 0. The molecule has 0 amide bonds. The first-order valence-electron chi connectivity index (χ1n) is 5.87. The summed E-state index contributed by atoms with van der Waals surface area (Å²) < 4.78 is 5.48. The van der Waals surface area contributed by atoms with E-state index < -0.39 is 11.9 Å². The minimum Gasteiger partial charge on any atom is -0.478 e. The Morgan fingerprint density at radius 3 is 2.05 bits per heavy atom. The summed E-state index contributed by atoms with van der Waals surface area (Å²) in [4.78, 5) is 22.5. The van der Waals surface area contributed by atoms with Crippen molar-refractivity contribution in [2.75, 3.05) is 0 Å². The number of rotatable bonds is 4. The van der Waals surface area contributed by atoms with E-state index in [1.807, 2.05) is 0 Å². The molecule has 2 aromatic rings. The first-order chi connectivity index (χ1) is 10.0. The third kappa shape index (κ3) is 2.85. The van der Waals surface area contributed by atoms with E-state index in [0.717, 1.165) is 0 Å². The van der Waals surface area contributed by atoms with Crippen LogP contribution in [0, 0.1) is 12.3 Å². The molecule has 0 bridgehead atoms. The smallest absolute Gasteiger partial charge is 0.339 e. The average Bonchev–Trinajstić information content (AvgIpc) is 2.47. The number of ether oxygens (including phenoxy) is 1. The summed E-state index contributed by atoms with van der Waals surface area (Å²) in [5.74, 6) is -0.209. The van der Waals surface area contributed by atoms with Crippen LogP contribution in [0.25, 0.3) is 0 Å². The molecule has 104 valence electrons. The highest BCUT2D eigenvalue weighted by Crippen LogP contribution is 2.31. The van der Waals surface area contributed by atoms with Crippen molar-refractivity contribution >= 4 is 11.9 Å². The van der Waals surface area contributed by atoms with Crippen molar-refractivity contribution in [1.82, 2.24) is 0 Å². The van der Waals surface area contributed by atoms with Crippen molar-refractivity contribution in [2.24, 2.45) is 0 Å². The molecule has 0 fully saturated rings. The Morgan fingerprint density at radius 2 is 1.52 bits per heavy atom. The molecular weight excluding hydrogens is 272 g/mol. The largest absolute Gasteiger partial charge is 0.478 e. The Bertz CT molecular complexity index is 723. The maximum absolute atomic E-state index is 11.2. The van der Waals surface area contributed by atoms with E-state index in [1.165, 1.54) is 18.2 Å². The molecule has 5 nitrogen and oxygen atoms in total. The standard InChI is InChI=1S/C16H10O5/c1-2-10-6-3-4-9-13(10)21-14-11(15(17)18)7-5-8-12(14)16(19)20/h1,3-9H,(H,17,18)(H,19,20). The Balaban J connectivity index is 2.60. The predicted octanol–water partition coefficient (Wildman–Crippen LogP) is 2.86. The van der Waals surface area contributed by atoms with Gasteiger partial charge in [0.1, 0.15) is 16.9 Å². The number of hydrogen-bond acceptors (Lipinski definition) is 3. The van der Waals surface area contributed by atoms with Crippen LogP contribution in [-0.2, 0) is 0 Å². The van der Waals surface area contributed by atoms with Crippen LogP contribution in [0.15, 0.2) is 42.5 Å². The molecule has 0 aromatic heterocycles. The molecule has 0 saturated heterocycles. The molecule has 2 rings (SSSR count). The summed E-state index contributed by atoms with van der Waals surface area (Å²) >= 11 is 0. The minimum absolute atomic E-state index is 0.219. The first-order valence-corrected chi connectivity index (χ1v) is 5.87. The third-order valence-electron chi connectivity index (χ3n) is 2.73. The monoisotopic (exact) mass is 282 g/mol. The number of carboxylic acid groups (broad SMARTS) is 2. The molecule has 0 atom stereocenters. The van der Waals surface area contributed by atoms with Gasteiger partial charge in [-0.15, -0.1) is 6.42 Å². The molecule has 21 heavy (non-hydrogen) atoms. The summed E-state index contributed by atoms with van der Waals surface area (Å²) in [7, 11) is 0. The topological polar surface area (TPSA) is 83.8 Å². The SMILES string of the molecule is C#Cc1ccccc1Oc1c(C(=O)O)cccc1C(=O)O. The van der Waals surface area contributed by atoms with E-state index in [2.05, 4.69) is 5.92 Å². The first kappa shape index (κ1) is 14.2. The molecule has 0 unspecified atom stereocenters. The van der Waals surface area contributed by atoms with Crippen molar-refractivity contribution in [2.45, 2.75) is 0 Å². The zero-order chi connectivity index (χ0) is 15.4. The summed E-state index contributed by atoms with van der Waals surface area (Å²) in [6.07, 6.45) is 5.34. The van der Waals surface area contributed by atoms with Crippen LogP contribution in [0.5, 0.6) is 11.5 Å². The van der Waals surface area contributed by atoms with Crippen LogP contribution in [0.3, 0.4) is 0 Å². The van der Waals surface area contributed by atoms with E-state index in [4.69, 9.17) is 21.4 Å². The molecule has 0 heterocycles.